The third-order valence-corrected chi connectivity index (χ3v) is 4.20. The van der Waals surface area contributed by atoms with Gasteiger partial charge in [0.1, 0.15) is 6.10 Å². The second kappa shape index (κ2) is 5.51. The zero-order chi connectivity index (χ0) is 15.8. The van der Waals surface area contributed by atoms with Crippen molar-refractivity contribution in [2.75, 3.05) is 0 Å². The highest BCUT2D eigenvalue weighted by Crippen LogP contribution is 2.30. The van der Waals surface area contributed by atoms with Gasteiger partial charge >= 0.3 is 0 Å². The normalized spacial score (nSPS) is 16.1. The van der Waals surface area contributed by atoms with Crippen LogP contribution in [0.2, 0.25) is 0 Å². The van der Waals surface area contributed by atoms with Crippen LogP contribution in [0.4, 0.5) is 0 Å². The second-order valence-corrected chi connectivity index (χ2v) is 6.08. The van der Waals surface area contributed by atoms with Crippen molar-refractivity contribution in [2.45, 2.75) is 25.9 Å². The molecule has 3 heteroatoms. The lowest BCUT2D eigenvalue weighted by Crippen LogP contribution is -2.05. The average Bonchev–Trinajstić information content (AvgIpc) is 2.91. The van der Waals surface area contributed by atoms with E-state index in [0.717, 1.165) is 39.9 Å². The maximum Gasteiger partial charge on any atom is 0.217 e. The van der Waals surface area contributed by atoms with E-state index in [0.29, 0.717) is 6.42 Å². The Hall–Kier alpha value is -2.68. The van der Waals surface area contributed by atoms with Crippen molar-refractivity contribution in [3.63, 3.8) is 0 Å². The predicted molar refractivity (Wildman–Crippen MR) is 90.0 cm³/mol. The molecule has 114 valence electrons. The van der Waals surface area contributed by atoms with E-state index in [9.17, 15) is 4.79 Å². The van der Waals surface area contributed by atoms with Crippen molar-refractivity contribution >= 4 is 16.7 Å². The molecule has 23 heavy (non-hydrogen) atoms. The smallest absolute Gasteiger partial charge is 0.217 e. The maximum atomic E-state index is 12.5. The van der Waals surface area contributed by atoms with Gasteiger partial charge in [-0.2, -0.15) is 0 Å². The van der Waals surface area contributed by atoms with E-state index in [4.69, 9.17) is 4.74 Å². The number of fused-ring (bicyclic) bond motifs is 2. The van der Waals surface area contributed by atoms with E-state index < -0.39 is 0 Å². The molecule has 0 spiro atoms. The van der Waals surface area contributed by atoms with Gasteiger partial charge in [-0.1, -0.05) is 30.3 Å². The van der Waals surface area contributed by atoms with Gasteiger partial charge in [0.2, 0.25) is 5.88 Å². The Labute approximate surface area is 134 Å². The molecule has 0 radical (unpaired) electrons. The summed E-state index contributed by atoms with van der Waals surface area (Å²) in [5.41, 5.74) is 3.76. The van der Waals surface area contributed by atoms with Crippen LogP contribution in [0.3, 0.4) is 0 Å². The van der Waals surface area contributed by atoms with E-state index in [1.54, 1.807) is 0 Å². The molecule has 1 aromatic heterocycles. The van der Waals surface area contributed by atoms with Gasteiger partial charge in [0.05, 0.1) is 5.52 Å². The molecular formula is C20H17NO2. The minimum atomic E-state index is 0.128. The summed E-state index contributed by atoms with van der Waals surface area (Å²) < 4.78 is 5.69. The van der Waals surface area contributed by atoms with Crippen LogP contribution in [0.15, 0.2) is 54.6 Å². The zero-order valence-electron chi connectivity index (χ0n) is 13.0. The van der Waals surface area contributed by atoms with E-state index in [1.165, 1.54) is 0 Å². The van der Waals surface area contributed by atoms with Crippen LogP contribution in [0.5, 0.6) is 5.88 Å². The average molecular weight is 303 g/mol. The van der Waals surface area contributed by atoms with Crippen LogP contribution < -0.4 is 4.74 Å². The second-order valence-electron chi connectivity index (χ2n) is 6.08. The molecule has 2 aromatic carbocycles. The van der Waals surface area contributed by atoms with E-state index >= 15 is 0 Å². The van der Waals surface area contributed by atoms with Crippen LogP contribution >= 0.6 is 0 Å². The lowest BCUT2D eigenvalue weighted by Gasteiger charge is -2.05. The van der Waals surface area contributed by atoms with Crippen LogP contribution in [0.1, 0.15) is 28.4 Å². The number of carbonyl (C=O) groups is 1. The van der Waals surface area contributed by atoms with Gasteiger partial charge in [0.15, 0.2) is 5.78 Å². The first kappa shape index (κ1) is 13.9. The van der Waals surface area contributed by atoms with Gasteiger partial charge in [0.25, 0.3) is 0 Å². The number of pyridine rings is 1. The summed E-state index contributed by atoms with van der Waals surface area (Å²) in [5, 5.41) is 1.00. The number of aromatic nitrogens is 1. The van der Waals surface area contributed by atoms with Gasteiger partial charge in [-0.3, -0.25) is 4.79 Å². The monoisotopic (exact) mass is 303 g/mol. The molecule has 0 bridgehead atoms. The van der Waals surface area contributed by atoms with Crippen molar-refractivity contribution < 1.29 is 9.53 Å². The highest BCUT2D eigenvalue weighted by atomic mass is 16.5. The molecule has 2 heterocycles. The number of nitrogens with zero attached hydrogens (tertiary/aromatic N) is 1. The highest BCUT2D eigenvalue weighted by molar-refractivity contribution is 6.00. The SMILES string of the molecule is CC1Cc2cc3cc(C(=O)Cc4ccccc4)ccc3nc2O1. The fraction of sp³-hybridized carbons (Fsp3) is 0.200. The van der Waals surface area contributed by atoms with Crippen LogP contribution in [0.25, 0.3) is 10.9 Å². The third-order valence-electron chi connectivity index (χ3n) is 4.20. The fourth-order valence-electron chi connectivity index (χ4n) is 3.05. The van der Waals surface area contributed by atoms with Crippen LogP contribution in [-0.2, 0) is 12.8 Å². The molecule has 1 aliphatic rings. The molecule has 0 saturated heterocycles. The molecule has 1 unspecified atom stereocenters. The molecule has 0 amide bonds. The van der Waals surface area contributed by atoms with Crippen molar-refractivity contribution in [3.8, 4) is 5.88 Å². The molecule has 1 atom stereocenters. The Kier molecular flexibility index (Phi) is 3.34. The largest absolute Gasteiger partial charge is 0.474 e. The summed E-state index contributed by atoms with van der Waals surface area (Å²) in [4.78, 5) is 17.1. The Morgan fingerprint density at radius 1 is 1.17 bits per heavy atom. The Bertz CT molecular complexity index is 887. The topological polar surface area (TPSA) is 39.2 Å². The molecule has 4 rings (SSSR count). The van der Waals surface area contributed by atoms with Crippen LogP contribution in [-0.4, -0.2) is 16.9 Å². The van der Waals surface area contributed by atoms with Gasteiger partial charge < -0.3 is 4.74 Å². The van der Waals surface area contributed by atoms with Crippen molar-refractivity contribution in [3.05, 3.63) is 71.3 Å². The Morgan fingerprint density at radius 2 is 2.00 bits per heavy atom. The molecule has 0 aliphatic carbocycles. The summed E-state index contributed by atoms with van der Waals surface area (Å²) in [6.07, 6.45) is 1.47. The minimum Gasteiger partial charge on any atom is -0.474 e. The number of hydrogen-bond acceptors (Lipinski definition) is 3. The quantitative estimate of drug-likeness (QED) is 0.687. The number of hydrogen-bond donors (Lipinski definition) is 0. The Morgan fingerprint density at radius 3 is 2.83 bits per heavy atom. The zero-order valence-corrected chi connectivity index (χ0v) is 13.0. The standard InChI is InChI=1S/C20H17NO2/c1-13-9-17-12-16-11-15(7-8-18(16)21-20(17)23-13)19(22)10-14-5-3-2-4-6-14/h2-8,11-13H,9-10H2,1H3. The van der Waals surface area contributed by atoms with Gasteiger partial charge in [-0.25, -0.2) is 4.98 Å². The first-order valence-electron chi connectivity index (χ1n) is 7.86. The van der Waals surface area contributed by atoms with Gasteiger partial charge in [-0.15, -0.1) is 0 Å². The Balaban J connectivity index is 1.66. The first-order chi connectivity index (χ1) is 11.2. The number of benzene rings is 2. The van der Waals surface area contributed by atoms with Gasteiger partial charge in [0, 0.05) is 29.4 Å². The summed E-state index contributed by atoms with van der Waals surface area (Å²) in [6.45, 7) is 2.04. The number of rotatable bonds is 3. The van der Waals surface area contributed by atoms with E-state index in [2.05, 4.69) is 11.1 Å². The molecule has 0 N–H and O–H groups in total. The van der Waals surface area contributed by atoms with Crippen molar-refractivity contribution in [2.24, 2.45) is 0 Å². The summed E-state index contributed by atoms with van der Waals surface area (Å²) in [6, 6.07) is 17.6. The summed E-state index contributed by atoms with van der Waals surface area (Å²) in [7, 11) is 0. The molecule has 1 aliphatic heterocycles. The van der Waals surface area contributed by atoms with Crippen molar-refractivity contribution in [1.82, 2.24) is 4.98 Å². The van der Waals surface area contributed by atoms with E-state index in [1.807, 2.05) is 55.5 Å². The predicted octanol–water partition coefficient (Wildman–Crippen LogP) is 3.98. The lowest BCUT2D eigenvalue weighted by atomic mass is 10.0. The number of ketones is 1. The summed E-state index contributed by atoms with van der Waals surface area (Å²) >= 11 is 0. The third kappa shape index (κ3) is 2.70. The van der Waals surface area contributed by atoms with Crippen molar-refractivity contribution in [1.29, 1.82) is 0 Å². The molecule has 0 saturated carbocycles. The highest BCUT2D eigenvalue weighted by Gasteiger charge is 2.21. The number of Topliss-reactive ketones (excluding diaryl/α,β-unsaturated/α-hetero) is 1. The van der Waals surface area contributed by atoms with Gasteiger partial charge in [-0.05, 0) is 36.8 Å². The fourth-order valence-corrected chi connectivity index (χ4v) is 3.05. The molecular weight excluding hydrogens is 286 g/mol. The summed E-state index contributed by atoms with van der Waals surface area (Å²) in [5.74, 6) is 0.858. The molecule has 3 aromatic rings. The van der Waals surface area contributed by atoms with E-state index in [-0.39, 0.29) is 11.9 Å². The van der Waals surface area contributed by atoms with Crippen LogP contribution in [0, 0.1) is 0 Å². The first-order valence-corrected chi connectivity index (χ1v) is 7.86. The maximum absolute atomic E-state index is 12.5. The number of ether oxygens (including phenoxy) is 1. The number of carbonyl (C=O) groups excluding carboxylic acids is 1. The minimum absolute atomic E-state index is 0.128. The lowest BCUT2D eigenvalue weighted by molar-refractivity contribution is 0.0993. The molecule has 3 nitrogen and oxygen atoms in total. The molecule has 0 fully saturated rings.